The lowest BCUT2D eigenvalue weighted by Gasteiger charge is -2.14. The van der Waals surface area contributed by atoms with Crippen molar-refractivity contribution in [1.29, 1.82) is 0 Å². The lowest BCUT2D eigenvalue weighted by atomic mass is 9.84. The Labute approximate surface area is 250 Å². The van der Waals surface area contributed by atoms with Gasteiger partial charge < -0.3 is 0 Å². The van der Waals surface area contributed by atoms with Gasteiger partial charge in [0.15, 0.2) is 0 Å². The zero-order valence-corrected chi connectivity index (χ0v) is 23.2. The summed E-state index contributed by atoms with van der Waals surface area (Å²) in [7, 11) is 0. The summed E-state index contributed by atoms with van der Waals surface area (Å²) in [6, 6.07) is 35.1. The van der Waals surface area contributed by atoms with Crippen molar-refractivity contribution in [1.82, 2.24) is 0 Å². The normalized spacial score (nSPS) is 20.3. The quantitative estimate of drug-likeness (QED) is 0.229. The largest absolute Gasteiger partial charge is 0.0752 e. The van der Waals surface area contributed by atoms with Crippen LogP contribution in [0.2, 0.25) is 0 Å². The fourth-order valence-electron chi connectivity index (χ4n) is 6.59. The Morgan fingerprint density at radius 2 is 0.857 bits per heavy atom. The van der Waals surface area contributed by atoms with E-state index in [1.807, 2.05) is 0 Å². The van der Waals surface area contributed by atoms with E-state index in [2.05, 4.69) is 173 Å². The maximum absolute atomic E-state index is 2.44. The summed E-state index contributed by atoms with van der Waals surface area (Å²) in [5.41, 5.74) is 15.1. The minimum Gasteiger partial charge on any atom is -0.0622 e. The number of hydrogen-bond donors (Lipinski definition) is 0. The topological polar surface area (TPSA) is 0 Å². The van der Waals surface area contributed by atoms with Crippen molar-refractivity contribution < 1.29 is 0 Å². The molecule has 0 spiro atoms. The van der Waals surface area contributed by atoms with E-state index in [0.717, 1.165) is 0 Å². The van der Waals surface area contributed by atoms with E-state index in [0.29, 0.717) is 0 Å². The van der Waals surface area contributed by atoms with Crippen molar-refractivity contribution in [2.45, 2.75) is 0 Å². The fourth-order valence-corrected chi connectivity index (χ4v) is 6.59. The molecular formula is C42H28+2. The van der Waals surface area contributed by atoms with Crippen molar-refractivity contribution in [2.24, 2.45) is 0 Å². The van der Waals surface area contributed by atoms with Crippen LogP contribution in [0, 0.1) is 63.2 Å². The molecule has 0 N–H and O–H groups in total. The Morgan fingerprint density at radius 1 is 0.429 bits per heavy atom. The third kappa shape index (κ3) is 4.36. The van der Waals surface area contributed by atoms with Gasteiger partial charge in [0.2, 0.25) is 0 Å². The van der Waals surface area contributed by atoms with Gasteiger partial charge in [0.1, 0.15) is 0 Å². The van der Waals surface area contributed by atoms with E-state index in [9.17, 15) is 0 Å². The maximum atomic E-state index is 2.44. The van der Waals surface area contributed by atoms with Gasteiger partial charge >= 0.3 is 0 Å². The summed E-state index contributed by atoms with van der Waals surface area (Å²) in [5.74, 6) is 2.47. The van der Waals surface area contributed by atoms with Gasteiger partial charge in [0, 0.05) is 70.5 Å². The summed E-state index contributed by atoms with van der Waals surface area (Å²) < 4.78 is 0. The molecule has 0 amide bonds. The molecule has 0 heterocycles. The number of hydrogen-bond acceptors (Lipinski definition) is 0. The molecule has 0 saturated heterocycles. The van der Waals surface area contributed by atoms with Crippen molar-refractivity contribution in [3.8, 4) is 11.1 Å². The predicted octanol–water partition coefficient (Wildman–Crippen LogP) is 10.0. The van der Waals surface area contributed by atoms with Gasteiger partial charge in [-0.05, 0) is 117 Å². The molecule has 42 heavy (non-hydrogen) atoms. The van der Waals surface area contributed by atoms with Gasteiger partial charge in [-0.2, -0.15) is 0 Å². The second kappa shape index (κ2) is 10.9. The molecule has 2 saturated carbocycles. The highest BCUT2D eigenvalue weighted by atomic mass is 14.4. The lowest BCUT2D eigenvalue weighted by molar-refractivity contribution is 1.38. The third-order valence-electron chi connectivity index (χ3n) is 8.47. The van der Waals surface area contributed by atoms with Crippen LogP contribution in [0.15, 0.2) is 109 Å². The van der Waals surface area contributed by atoms with Crippen LogP contribution in [0.4, 0.5) is 0 Å². The van der Waals surface area contributed by atoms with Gasteiger partial charge in [0.05, 0.1) is 33.4 Å². The SMILES string of the molecule is [CH]1[CH][CH][C](/C(=C2\C=Cc3ccccc[c+]32)c2cc(/C([C]3[CH][CH][CH][CH]3)=C3/C=Cc4ccccc[c+]43)c3cccccc2-3)[CH]1. The van der Waals surface area contributed by atoms with Crippen LogP contribution in [-0.2, 0) is 0 Å². The third-order valence-corrected chi connectivity index (χ3v) is 8.47. The molecule has 0 unspecified atom stereocenters. The van der Waals surface area contributed by atoms with Gasteiger partial charge in [-0.25, -0.2) is 0 Å². The van der Waals surface area contributed by atoms with Crippen LogP contribution in [0.3, 0.4) is 0 Å². The molecule has 2 fully saturated rings. The minimum atomic E-state index is 1.24. The van der Waals surface area contributed by atoms with E-state index >= 15 is 0 Å². The monoisotopic (exact) mass is 532 g/mol. The molecule has 2 aromatic rings. The first-order valence-electron chi connectivity index (χ1n) is 14.5. The zero-order valence-electron chi connectivity index (χ0n) is 23.2. The van der Waals surface area contributed by atoms with Gasteiger partial charge in [-0.1, -0.05) is 30.3 Å². The Kier molecular flexibility index (Phi) is 6.64. The molecule has 0 bridgehead atoms. The van der Waals surface area contributed by atoms with E-state index < -0.39 is 0 Å². The molecule has 0 atom stereocenters. The van der Waals surface area contributed by atoms with E-state index in [1.165, 1.54) is 78.6 Å². The van der Waals surface area contributed by atoms with Crippen LogP contribution in [0.5, 0.6) is 0 Å². The van der Waals surface area contributed by atoms with Crippen LogP contribution < -0.4 is 0 Å². The molecule has 0 nitrogen and oxygen atoms in total. The molecule has 0 aliphatic heterocycles. The average Bonchev–Trinajstić information content (AvgIpc) is 3.83. The summed E-state index contributed by atoms with van der Waals surface area (Å²) in [6.07, 6.45) is 26.6. The first kappa shape index (κ1) is 25.5. The van der Waals surface area contributed by atoms with Crippen LogP contribution in [0.25, 0.3) is 45.6 Å². The Morgan fingerprint density at radius 3 is 1.33 bits per heavy atom. The number of rotatable bonds is 4. The highest BCUT2D eigenvalue weighted by Crippen LogP contribution is 2.53. The molecular weight excluding hydrogens is 504 g/mol. The van der Waals surface area contributed by atoms with Crippen LogP contribution in [-0.4, -0.2) is 0 Å². The van der Waals surface area contributed by atoms with Gasteiger partial charge in [-0.15, -0.1) is 0 Å². The Bertz CT molecular complexity index is 1650. The van der Waals surface area contributed by atoms with Crippen molar-refractivity contribution in [3.63, 3.8) is 0 Å². The number of allylic oxidation sites excluding steroid dienone is 6. The summed E-state index contributed by atoms with van der Waals surface area (Å²) in [4.78, 5) is 0. The number of fused-ring (bicyclic) bond motifs is 3. The molecule has 8 rings (SSSR count). The van der Waals surface area contributed by atoms with Gasteiger partial charge in [-0.3, -0.25) is 0 Å². The molecule has 0 aromatic heterocycles. The predicted molar refractivity (Wildman–Crippen MR) is 177 cm³/mol. The van der Waals surface area contributed by atoms with Crippen molar-refractivity contribution in [2.75, 3.05) is 0 Å². The van der Waals surface area contributed by atoms with Crippen LogP contribution >= 0.6 is 0 Å². The second-order valence-corrected chi connectivity index (χ2v) is 10.9. The highest BCUT2D eigenvalue weighted by Gasteiger charge is 2.37. The smallest absolute Gasteiger partial charge is 0.0622 e. The molecule has 0 heteroatoms. The van der Waals surface area contributed by atoms with E-state index in [4.69, 9.17) is 0 Å². The van der Waals surface area contributed by atoms with Crippen molar-refractivity contribution >= 4 is 34.4 Å². The van der Waals surface area contributed by atoms with Crippen LogP contribution in [0.1, 0.15) is 33.4 Å². The molecule has 10 radical (unpaired) electrons. The second-order valence-electron chi connectivity index (χ2n) is 10.9. The van der Waals surface area contributed by atoms with E-state index in [-0.39, 0.29) is 0 Å². The standard InChI is InChI=1S/C42H28/c1-4-14-29-24-26-37(33(29)20-6-1)41(31-16-10-11-17-31)39-28-40(36-23-9-3-8-22-35(36)39)42(32-18-12-13-19-32)38-27-25-30-15-5-2-7-21-34(30)38/h1-28H/q+2/b41-37-,42-38-. The molecule has 2 aromatic carbocycles. The first-order chi connectivity index (χ1) is 20.9. The minimum absolute atomic E-state index is 1.24. The summed E-state index contributed by atoms with van der Waals surface area (Å²) in [5, 5.41) is 0. The lowest BCUT2D eigenvalue weighted by Crippen LogP contribution is -2.01. The maximum Gasteiger partial charge on any atom is 0.0752 e. The fraction of sp³-hybridized carbons (Fsp3) is 0. The van der Waals surface area contributed by atoms with E-state index in [1.54, 1.807) is 0 Å². The zero-order chi connectivity index (χ0) is 27.9. The van der Waals surface area contributed by atoms with Gasteiger partial charge in [0.25, 0.3) is 0 Å². The summed E-state index contributed by atoms with van der Waals surface area (Å²) in [6.45, 7) is 0. The Hall–Kier alpha value is -4.16. The first-order valence-corrected chi connectivity index (χ1v) is 14.5. The average molecular weight is 533 g/mol. The molecule has 6 aliphatic carbocycles. The Balaban J connectivity index is 1.42. The molecule has 194 valence electrons. The summed E-state index contributed by atoms with van der Waals surface area (Å²) >= 11 is 0. The highest BCUT2D eigenvalue weighted by molar-refractivity contribution is 6.15. The molecule has 6 aliphatic rings. The van der Waals surface area contributed by atoms with Crippen molar-refractivity contribution in [3.05, 3.63) is 206 Å².